The molecule has 7 amide bonds. The Balaban J connectivity index is 1.50. The van der Waals surface area contributed by atoms with Gasteiger partial charge in [-0.1, -0.05) is 38.5 Å². The van der Waals surface area contributed by atoms with Crippen molar-refractivity contribution in [2.24, 2.45) is 11.7 Å². The van der Waals surface area contributed by atoms with Crippen LogP contribution >= 0.6 is 0 Å². The number of amides is 7. The van der Waals surface area contributed by atoms with Crippen molar-refractivity contribution in [3.05, 3.63) is 36.0 Å². The van der Waals surface area contributed by atoms with Crippen LogP contribution in [0.5, 0.6) is 0 Å². The third-order valence-electron chi connectivity index (χ3n) is 8.83. The van der Waals surface area contributed by atoms with Crippen molar-refractivity contribution in [2.75, 3.05) is 19.6 Å². The fourth-order valence-electron chi connectivity index (χ4n) is 5.61. The van der Waals surface area contributed by atoms with Crippen LogP contribution in [0.3, 0.4) is 0 Å². The molecule has 1 aliphatic rings. The number of fused-ring (bicyclic) bond motifs is 1. The molecule has 0 radical (unpaired) electrons. The highest BCUT2D eigenvalue weighted by atomic mass is 16.4. The van der Waals surface area contributed by atoms with Crippen molar-refractivity contribution in [3.8, 4) is 0 Å². The molecule has 18 heteroatoms. The summed E-state index contributed by atoms with van der Waals surface area (Å²) in [5.74, 6) is -6.34. The van der Waals surface area contributed by atoms with Crippen LogP contribution in [-0.4, -0.2) is 107 Å². The van der Waals surface area contributed by atoms with Crippen molar-refractivity contribution < 1.29 is 43.5 Å². The molecule has 1 aliphatic heterocycles. The van der Waals surface area contributed by atoms with E-state index in [4.69, 9.17) is 5.73 Å². The van der Waals surface area contributed by atoms with E-state index in [1.165, 1.54) is 6.92 Å². The molecule has 6 unspecified atom stereocenters. The highest BCUT2D eigenvalue weighted by Gasteiger charge is 2.31. The molecule has 3 rings (SSSR count). The van der Waals surface area contributed by atoms with Gasteiger partial charge in [0.25, 0.3) is 0 Å². The molecule has 0 spiro atoms. The fraction of sp³-hybridized carbons (Fsp3) is 0.529. The van der Waals surface area contributed by atoms with E-state index >= 15 is 0 Å². The first kappa shape index (κ1) is 40.9. The lowest BCUT2D eigenvalue weighted by molar-refractivity contribution is -0.141. The van der Waals surface area contributed by atoms with Crippen LogP contribution in [0.1, 0.15) is 58.4 Å². The summed E-state index contributed by atoms with van der Waals surface area (Å²) in [5.41, 5.74) is 6.74. The Morgan fingerprint density at radius 3 is 2.19 bits per heavy atom. The Hall–Kier alpha value is -5.52. The van der Waals surface area contributed by atoms with Gasteiger partial charge in [0.15, 0.2) is 0 Å². The van der Waals surface area contributed by atoms with Gasteiger partial charge in [-0.25, -0.2) is 4.79 Å². The first-order chi connectivity index (χ1) is 24.7. The minimum atomic E-state index is -1.26. The number of nitrogens with one attached hydrogen (secondary N) is 8. The molecule has 1 aromatic heterocycles. The number of carbonyl (C=O) groups excluding carboxylic acids is 7. The fourth-order valence-corrected chi connectivity index (χ4v) is 5.61. The smallest absolute Gasteiger partial charge is 0.326 e. The lowest BCUT2D eigenvalue weighted by atomic mass is 9.98. The topological polar surface area (TPSA) is 283 Å². The highest BCUT2D eigenvalue weighted by Crippen LogP contribution is 2.19. The first-order valence-electron chi connectivity index (χ1n) is 17.2. The Bertz CT molecular complexity index is 1620. The Kier molecular flexibility index (Phi) is 15.5. The standard InChI is InChI=1S/C34H49N9O9/c1-4-18(2)29(43-28(46)17-39-31(48)24(11-12-26(35)44)42-32(49)23-10-7-13-36-23)33(50)40-19(3)30(47)38-16-27(45)41-25(34(51)52)14-20-15-37-22-9-6-5-8-21(20)22/h5-6,8-9,15,18-19,23-25,29,36-37H,4,7,10-14,16-17H2,1-3H3,(H2,35,44)(H,38,47)(H,39,48)(H,40,50)(H,41,45)(H,42,49)(H,43,46)(H,51,52). The van der Waals surface area contributed by atoms with Crippen LogP contribution in [0.15, 0.2) is 30.5 Å². The molecule has 0 bridgehead atoms. The zero-order chi connectivity index (χ0) is 38.4. The number of nitrogens with two attached hydrogens (primary N) is 1. The van der Waals surface area contributed by atoms with E-state index in [0.29, 0.717) is 24.9 Å². The zero-order valence-corrected chi connectivity index (χ0v) is 29.5. The molecule has 11 N–H and O–H groups in total. The largest absolute Gasteiger partial charge is 0.480 e. The van der Waals surface area contributed by atoms with Gasteiger partial charge < -0.3 is 53.0 Å². The van der Waals surface area contributed by atoms with Crippen molar-refractivity contribution in [1.29, 1.82) is 0 Å². The van der Waals surface area contributed by atoms with Gasteiger partial charge in [0.05, 0.1) is 19.1 Å². The van der Waals surface area contributed by atoms with Gasteiger partial charge >= 0.3 is 5.97 Å². The van der Waals surface area contributed by atoms with E-state index in [9.17, 15) is 43.5 Å². The predicted octanol–water partition coefficient (Wildman–Crippen LogP) is -1.95. The van der Waals surface area contributed by atoms with Crippen LogP contribution in [0.2, 0.25) is 0 Å². The van der Waals surface area contributed by atoms with E-state index in [-0.39, 0.29) is 19.3 Å². The molecular formula is C34H49N9O9. The van der Waals surface area contributed by atoms with Gasteiger partial charge in [-0.2, -0.15) is 0 Å². The average Bonchev–Trinajstić information content (AvgIpc) is 3.80. The average molecular weight is 728 g/mol. The normalized spacial score (nSPS) is 16.7. The van der Waals surface area contributed by atoms with Crippen molar-refractivity contribution in [2.45, 2.75) is 89.5 Å². The van der Waals surface area contributed by atoms with Crippen molar-refractivity contribution >= 4 is 58.2 Å². The summed E-state index contributed by atoms with van der Waals surface area (Å²) in [6, 6.07) is 2.21. The number of benzene rings is 1. The van der Waals surface area contributed by atoms with E-state index in [1.807, 2.05) is 24.3 Å². The Morgan fingerprint density at radius 2 is 1.56 bits per heavy atom. The molecule has 1 fully saturated rings. The Morgan fingerprint density at radius 1 is 0.885 bits per heavy atom. The summed E-state index contributed by atoms with van der Waals surface area (Å²) in [7, 11) is 0. The summed E-state index contributed by atoms with van der Waals surface area (Å²) in [5, 5.41) is 28.4. The number of carboxylic acids is 1. The van der Waals surface area contributed by atoms with E-state index in [2.05, 4.69) is 42.2 Å². The number of para-hydroxylation sites is 1. The maximum Gasteiger partial charge on any atom is 0.326 e. The number of aliphatic carboxylic acids is 1. The second-order valence-electron chi connectivity index (χ2n) is 12.8. The number of rotatable bonds is 20. The number of H-pyrrole nitrogens is 1. The van der Waals surface area contributed by atoms with Gasteiger partial charge in [0, 0.05) is 29.9 Å². The van der Waals surface area contributed by atoms with Crippen LogP contribution in [-0.2, 0) is 44.8 Å². The van der Waals surface area contributed by atoms with Crippen LogP contribution in [0.4, 0.5) is 0 Å². The van der Waals surface area contributed by atoms with Gasteiger partial charge in [0.1, 0.15) is 24.2 Å². The SMILES string of the molecule is CCC(C)C(NC(=O)CNC(=O)C(CCC(N)=O)NC(=O)C1CCCN1)C(=O)NC(C)C(=O)NCC(=O)NC(Cc1c[nH]c2ccccc12)C(=O)O. The molecule has 52 heavy (non-hydrogen) atoms. The first-order valence-corrected chi connectivity index (χ1v) is 17.2. The maximum absolute atomic E-state index is 13.2. The van der Waals surface area contributed by atoms with E-state index < -0.39 is 96.5 Å². The molecule has 284 valence electrons. The summed E-state index contributed by atoms with van der Waals surface area (Å²) in [6.45, 7) is 4.43. The third kappa shape index (κ3) is 12.4. The lowest BCUT2D eigenvalue weighted by Gasteiger charge is -2.25. The number of aromatic nitrogens is 1. The monoisotopic (exact) mass is 727 g/mol. The molecular weight excluding hydrogens is 678 g/mol. The quantitative estimate of drug-likeness (QED) is 0.0720. The molecule has 0 aliphatic carbocycles. The molecule has 2 aromatic rings. The maximum atomic E-state index is 13.2. The minimum Gasteiger partial charge on any atom is -0.480 e. The molecule has 1 aromatic carbocycles. The lowest BCUT2D eigenvalue weighted by Crippen LogP contribution is -2.57. The van der Waals surface area contributed by atoms with E-state index in [1.54, 1.807) is 20.0 Å². The summed E-state index contributed by atoms with van der Waals surface area (Å²) in [4.78, 5) is 103. The van der Waals surface area contributed by atoms with Crippen molar-refractivity contribution in [1.82, 2.24) is 42.2 Å². The zero-order valence-electron chi connectivity index (χ0n) is 29.5. The number of primary amides is 1. The van der Waals surface area contributed by atoms with Crippen LogP contribution < -0.4 is 43.0 Å². The number of hydrogen-bond acceptors (Lipinski definition) is 9. The highest BCUT2D eigenvalue weighted by molar-refractivity contribution is 5.96. The van der Waals surface area contributed by atoms with Gasteiger partial charge in [-0.05, 0) is 50.3 Å². The molecule has 0 saturated carbocycles. The van der Waals surface area contributed by atoms with Crippen LogP contribution in [0.25, 0.3) is 10.9 Å². The van der Waals surface area contributed by atoms with Crippen LogP contribution in [0, 0.1) is 5.92 Å². The minimum absolute atomic E-state index is 0.00245. The molecule has 2 heterocycles. The summed E-state index contributed by atoms with van der Waals surface area (Å²) in [6.07, 6.45) is 3.27. The number of carboxylic acid groups (broad SMARTS) is 1. The number of hydrogen-bond donors (Lipinski definition) is 10. The summed E-state index contributed by atoms with van der Waals surface area (Å²) < 4.78 is 0. The molecule has 18 nitrogen and oxygen atoms in total. The Labute approximate surface area is 300 Å². The molecule has 1 saturated heterocycles. The predicted molar refractivity (Wildman–Crippen MR) is 188 cm³/mol. The third-order valence-corrected chi connectivity index (χ3v) is 8.83. The van der Waals surface area contributed by atoms with E-state index in [0.717, 1.165) is 17.3 Å². The summed E-state index contributed by atoms with van der Waals surface area (Å²) >= 11 is 0. The molecule has 6 atom stereocenters. The second-order valence-corrected chi connectivity index (χ2v) is 12.8. The number of carbonyl (C=O) groups is 8. The van der Waals surface area contributed by atoms with Gasteiger partial charge in [-0.15, -0.1) is 0 Å². The second kappa shape index (κ2) is 19.8. The van der Waals surface area contributed by atoms with Gasteiger partial charge in [-0.3, -0.25) is 33.6 Å². The van der Waals surface area contributed by atoms with Crippen molar-refractivity contribution in [3.63, 3.8) is 0 Å². The van der Waals surface area contributed by atoms with Gasteiger partial charge in [0.2, 0.25) is 41.4 Å². The number of aromatic amines is 1.